The van der Waals surface area contributed by atoms with E-state index in [-0.39, 0.29) is 6.04 Å². The molecule has 20 heavy (non-hydrogen) atoms. The van der Waals surface area contributed by atoms with Gasteiger partial charge in [-0.2, -0.15) is 0 Å². The molecule has 0 amide bonds. The quantitative estimate of drug-likeness (QED) is 0.929. The molecule has 1 aromatic carbocycles. The van der Waals surface area contributed by atoms with E-state index in [4.69, 9.17) is 0 Å². The van der Waals surface area contributed by atoms with Gasteiger partial charge in [-0.05, 0) is 82.0 Å². The Morgan fingerprint density at radius 2 is 1.20 bits per heavy atom. The van der Waals surface area contributed by atoms with E-state index in [0.29, 0.717) is 0 Å². The fourth-order valence-electron chi connectivity index (χ4n) is 2.86. The average Bonchev–Trinajstić information content (AvgIpc) is 2.37. The van der Waals surface area contributed by atoms with Crippen molar-refractivity contribution in [3.63, 3.8) is 0 Å². The zero-order valence-corrected chi connectivity index (χ0v) is 14.7. The number of rotatable bonds is 4. The van der Waals surface area contributed by atoms with E-state index in [9.17, 15) is 8.42 Å². The highest BCUT2D eigenvalue weighted by Gasteiger charge is 2.29. The van der Waals surface area contributed by atoms with E-state index < -0.39 is 15.1 Å². The SMILES string of the molecule is CNC(c1c(C)c(C)c(C)c(C)c1C)C(C)S(C)(=O)=O. The van der Waals surface area contributed by atoms with Gasteiger partial charge in [0.1, 0.15) is 0 Å². The lowest BCUT2D eigenvalue weighted by atomic mass is 9.85. The Hall–Kier alpha value is -0.870. The van der Waals surface area contributed by atoms with Crippen LogP contribution in [-0.2, 0) is 9.84 Å². The van der Waals surface area contributed by atoms with Gasteiger partial charge in [0.25, 0.3) is 0 Å². The minimum atomic E-state index is -3.09. The van der Waals surface area contributed by atoms with Gasteiger partial charge in [-0.25, -0.2) is 8.42 Å². The van der Waals surface area contributed by atoms with Gasteiger partial charge in [0.15, 0.2) is 9.84 Å². The first-order chi connectivity index (χ1) is 9.03. The molecule has 1 N–H and O–H groups in total. The molecule has 0 heterocycles. The summed E-state index contributed by atoms with van der Waals surface area (Å²) in [4.78, 5) is 0. The number of hydrogen-bond acceptors (Lipinski definition) is 3. The van der Waals surface area contributed by atoms with Crippen LogP contribution in [0, 0.1) is 34.6 Å². The first kappa shape index (κ1) is 17.2. The predicted molar refractivity (Wildman–Crippen MR) is 86.2 cm³/mol. The molecule has 0 saturated heterocycles. The molecular weight excluding hydrogens is 270 g/mol. The van der Waals surface area contributed by atoms with E-state index in [1.54, 1.807) is 6.92 Å². The fraction of sp³-hybridized carbons (Fsp3) is 0.625. The Morgan fingerprint density at radius 3 is 1.50 bits per heavy atom. The smallest absolute Gasteiger partial charge is 0.151 e. The molecule has 114 valence electrons. The van der Waals surface area contributed by atoms with Crippen molar-refractivity contribution in [1.29, 1.82) is 0 Å². The lowest BCUT2D eigenvalue weighted by molar-refractivity contribution is 0.531. The van der Waals surface area contributed by atoms with Gasteiger partial charge in [0, 0.05) is 12.3 Å². The number of benzene rings is 1. The van der Waals surface area contributed by atoms with Crippen molar-refractivity contribution in [3.8, 4) is 0 Å². The van der Waals surface area contributed by atoms with Crippen molar-refractivity contribution in [1.82, 2.24) is 5.32 Å². The second-order valence-electron chi connectivity index (χ2n) is 5.84. The summed E-state index contributed by atoms with van der Waals surface area (Å²) >= 11 is 0. The molecule has 2 unspecified atom stereocenters. The van der Waals surface area contributed by atoms with Crippen LogP contribution in [0.1, 0.15) is 46.3 Å². The minimum Gasteiger partial charge on any atom is -0.312 e. The number of hydrogen-bond donors (Lipinski definition) is 1. The van der Waals surface area contributed by atoms with Crippen molar-refractivity contribution in [2.24, 2.45) is 0 Å². The van der Waals surface area contributed by atoms with Crippen LogP contribution in [0.15, 0.2) is 0 Å². The van der Waals surface area contributed by atoms with Gasteiger partial charge in [0.2, 0.25) is 0 Å². The van der Waals surface area contributed by atoms with E-state index in [1.807, 2.05) is 7.05 Å². The van der Waals surface area contributed by atoms with Crippen molar-refractivity contribution in [2.45, 2.75) is 52.8 Å². The summed E-state index contributed by atoms with van der Waals surface area (Å²) in [5.41, 5.74) is 7.32. The Bertz CT molecular complexity index is 589. The van der Waals surface area contributed by atoms with Gasteiger partial charge >= 0.3 is 0 Å². The fourth-order valence-corrected chi connectivity index (χ4v) is 3.62. The van der Waals surface area contributed by atoms with Crippen molar-refractivity contribution < 1.29 is 8.42 Å². The normalized spacial score (nSPS) is 15.2. The predicted octanol–water partition coefficient (Wildman–Crippen LogP) is 2.92. The molecule has 0 aliphatic heterocycles. The molecular formula is C16H27NO2S. The van der Waals surface area contributed by atoms with Crippen LogP contribution in [-0.4, -0.2) is 27.0 Å². The Kier molecular flexibility index (Phi) is 5.03. The summed E-state index contributed by atoms with van der Waals surface area (Å²) in [6.07, 6.45) is 1.31. The lowest BCUT2D eigenvalue weighted by Crippen LogP contribution is -2.34. The highest BCUT2D eigenvalue weighted by atomic mass is 32.2. The summed E-state index contributed by atoms with van der Waals surface area (Å²) in [5, 5.41) is 2.75. The maximum atomic E-state index is 11.9. The molecule has 0 aliphatic carbocycles. The molecule has 2 atom stereocenters. The number of nitrogens with one attached hydrogen (secondary N) is 1. The Balaban J connectivity index is 3.60. The van der Waals surface area contributed by atoms with E-state index in [2.05, 4.69) is 39.9 Å². The van der Waals surface area contributed by atoms with Crippen LogP contribution in [0.4, 0.5) is 0 Å². The minimum absolute atomic E-state index is 0.178. The summed E-state index contributed by atoms with van der Waals surface area (Å²) in [7, 11) is -1.27. The molecule has 4 heteroatoms. The molecule has 0 aliphatic rings. The van der Waals surface area contributed by atoms with Gasteiger partial charge in [0.05, 0.1) is 5.25 Å². The summed E-state index contributed by atoms with van der Waals surface area (Å²) in [5.74, 6) is 0. The van der Waals surface area contributed by atoms with Crippen LogP contribution < -0.4 is 5.32 Å². The van der Waals surface area contributed by atoms with E-state index in [1.165, 1.54) is 34.1 Å². The van der Waals surface area contributed by atoms with Crippen molar-refractivity contribution in [2.75, 3.05) is 13.3 Å². The van der Waals surface area contributed by atoms with Crippen molar-refractivity contribution >= 4 is 9.84 Å². The third kappa shape index (κ3) is 2.91. The third-order valence-corrected chi connectivity index (χ3v) is 6.45. The van der Waals surface area contributed by atoms with Crippen LogP contribution in [0.5, 0.6) is 0 Å². The van der Waals surface area contributed by atoms with Crippen molar-refractivity contribution in [3.05, 3.63) is 33.4 Å². The lowest BCUT2D eigenvalue weighted by Gasteiger charge is -2.29. The maximum Gasteiger partial charge on any atom is 0.151 e. The van der Waals surface area contributed by atoms with E-state index in [0.717, 1.165) is 5.56 Å². The highest BCUT2D eigenvalue weighted by molar-refractivity contribution is 7.91. The topological polar surface area (TPSA) is 46.2 Å². The average molecular weight is 297 g/mol. The molecule has 0 aromatic heterocycles. The Labute approximate surface area is 123 Å². The first-order valence-corrected chi connectivity index (χ1v) is 8.92. The molecule has 0 radical (unpaired) electrons. The zero-order valence-electron chi connectivity index (χ0n) is 13.9. The van der Waals surface area contributed by atoms with Crippen LogP contribution >= 0.6 is 0 Å². The molecule has 0 fully saturated rings. The molecule has 0 saturated carbocycles. The van der Waals surface area contributed by atoms with Gasteiger partial charge < -0.3 is 5.32 Å². The second-order valence-corrected chi connectivity index (χ2v) is 8.24. The zero-order chi connectivity index (χ0) is 15.8. The largest absolute Gasteiger partial charge is 0.312 e. The van der Waals surface area contributed by atoms with Gasteiger partial charge in [-0.1, -0.05) is 0 Å². The maximum absolute atomic E-state index is 11.9. The molecule has 0 spiro atoms. The monoisotopic (exact) mass is 297 g/mol. The number of sulfone groups is 1. The summed E-state index contributed by atoms with van der Waals surface area (Å²) in [6, 6.07) is -0.178. The van der Waals surface area contributed by atoms with Crippen LogP contribution in [0.3, 0.4) is 0 Å². The molecule has 3 nitrogen and oxygen atoms in total. The van der Waals surface area contributed by atoms with Gasteiger partial charge in [-0.15, -0.1) is 0 Å². The molecule has 1 aromatic rings. The molecule has 0 bridgehead atoms. The molecule has 1 rings (SSSR count). The Morgan fingerprint density at radius 1 is 0.850 bits per heavy atom. The van der Waals surface area contributed by atoms with Gasteiger partial charge in [-0.3, -0.25) is 0 Å². The van der Waals surface area contributed by atoms with E-state index >= 15 is 0 Å². The third-order valence-electron chi connectivity index (χ3n) is 4.82. The summed E-state index contributed by atoms with van der Waals surface area (Å²) < 4.78 is 23.8. The summed E-state index contributed by atoms with van der Waals surface area (Å²) in [6.45, 7) is 12.3. The van der Waals surface area contributed by atoms with Crippen LogP contribution in [0.2, 0.25) is 0 Å². The highest BCUT2D eigenvalue weighted by Crippen LogP contribution is 2.33. The second kappa shape index (κ2) is 5.86. The standard InChI is InChI=1S/C16H27NO2S/c1-9-10(2)12(4)15(13(5)11(9)3)16(17-7)14(6)20(8,18)19/h14,16-17H,1-8H3. The first-order valence-electron chi connectivity index (χ1n) is 6.97. The van der Waals surface area contributed by atoms with Crippen LogP contribution in [0.25, 0.3) is 0 Å².